The smallest absolute Gasteiger partial charge is 0.224 e. The third-order valence-electron chi connectivity index (χ3n) is 2.07. The van der Waals surface area contributed by atoms with Gasteiger partial charge in [0.05, 0.1) is 6.42 Å². The summed E-state index contributed by atoms with van der Waals surface area (Å²) < 4.78 is 0. The average molecular weight is 290 g/mol. The van der Waals surface area contributed by atoms with E-state index >= 15 is 0 Å². The van der Waals surface area contributed by atoms with Crippen molar-refractivity contribution in [3.63, 3.8) is 0 Å². The molecule has 4 heteroatoms. The van der Waals surface area contributed by atoms with Crippen LogP contribution in [0.1, 0.15) is 19.4 Å². The maximum absolute atomic E-state index is 11.6. The maximum atomic E-state index is 11.6. The zero-order valence-electron chi connectivity index (χ0n) is 9.05. The molecule has 15 heavy (non-hydrogen) atoms. The van der Waals surface area contributed by atoms with E-state index in [-0.39, 0.29) is 11.3 Å². The van der Waals surface area contributed by atoms with Crippen molar-refractivity contribution in [1.82, 2.24) is 5.32 Å². The number of hydrogen-bond acceptors (Lipinski definition) is 2. The number of rotatable bonds is 5. The molecule has 1 amide bonds. The molecule has 0 aromatic carbocycles. The second-order valence-corrected chi connectivity index (χ2v) is 5.72. The highest BCUT2D eigenvalue weighted by atomic mass is 79.9. The Morgan fingerprint density at radius 1 is 1.60 bits per heavy atom. The second kappa shape index (κ2) is 5.66. The fourth-order valence-electron chi connectivity index (χ4n) is 1.03. The molecule has 1 heterocycles. The van der Waals surface area contributed by atoms with E-state index in [1.807, 2.05) is 16.8 Å². The Labute approximate surface area is 103 Å². The standard InChI is InChI=1S/C11H16BrNOS/c1-11(2,7-12)8-13-10(14)5-9-3-4-15-6-9/h3-4,6H,5,7-8H2,1-2H3,(H,13,14). The van der Waals surface area contributed by atoms with E-state index in [1.54, 1.807) is 11.3 Å². The number of halogens is 1. The summed E-state index contributed by atoms with van der Waals surface area (Å²) in [6.45, 7) is 4.94. The first-order chi connectivity index (χ1) is 7.03. The van der Waals surface area contributed by atoms with Crippen molar-refractivity contribution in [2.45, 2.75) is 20.3 Å². The van der Waals surface area contributed by atoms with Crippen LogP contribution in [0.5, 0.6) is 0 Å². The van der Waals surface area contributed by atoms with Crippen molar-refractivity contribution in [2.24, 2.45) is 5.41 Å². The van der Waals surface area contributed by atoms with Gasteiger partial charge in [0.1, 0.15) is 0 Å². The van der Waals surface area contributed by atoms with Gasteiger partial charge in [-0.1, -0.05) is 29.8 Å². The highest BCUT2D eigenvalue weighted by Gasteiger charge is 2.16. The topological polar surface area (TPSA) is 29.1 Å². The molecule has 1 N–H and O–H groups in total. The lowest BCUT2D eigenvalue weighted by atomic mass is 9.97. The molecule has 84 valence electrons. The molecule has 0 unspecified atom stereocenters. The fourth-order valence-corrected chi connectivity index (χ4v) is 1.89. The molecule has 1 aromatic rings. The molecule has 0 spiro atoms. The number of alkyl halides is 1. The number of nitrogens with one attached hydrogen (secondary N) is 1. The Kier molecular flexibility index (Phi) is 4.80. The summed E-state index contributed by atoms with van der Waals surface area (Å²) in [6.07, 6.45) is 0.488. The van der Waals surface area contributed by atoms with E-state index < -0.39 is 0 Å². The minimum absolute atomic E-state index is 0.0995. The Morgan fingerprint density at radius 2 is 2.33 bits per heavy atom. The SMILES string of the molecule is CC(C)(CBr)CNC(=O)Cc1ccsc1. The Bertz CT molecular complexity index is 308. The van der Waals surface area contributed by atoms with Gasteiger partial charge in [-0.3, -0.25) is 4.79 Å². The minimum Gasteiger partial charge on any atom is -0.355 e. The van der Waals surface area contributed by atoms with Crippen LogP contribution in [0.25, 0.3) is 0 Å². The van der Waals surface area contributed by atoms with Gasteiger partial charge < -0.3 is 5.32 Å². The van der Waals surface area contributed by atoms with Crippen molar-refractivity contribution in [3.05, 3.63) is 22.4 Å². The molecule has 0 bridgehead atoms. The van der Waals surface area contributed by atoms with Crippen LogP contribution in [0.2, 0.25) is 0 Å². The van der Waals surface area contributed by atoms with Gasteiger partial charge in [0.25, 0.3) is 0 Å². The lowest BCUT2D eigenvalue weighted by Crippen LogP contribution is -2.35. The minimum atomic E-state index is 0.0995. The molecule has 0 aliphatic rings. The Morgan fingerprint density at radius 3 is 2.87 bits per heavy atom. The Hall–Kier alpha value is -0.350. The van der Waals surface area contributed by atoms with Gasteiger partial charge in [0.2, 0.25) is 5.91 Å². The van der Waals surface area contributed by atoms with Crippen LogP contribution in [-0.4, -0.2) is 17.8 Å². The average Bonchev–Trinajstić information content (AvgIpc) is 2.68. The van der Waals surface area contributed by atoms with Crippen LogP contribution < -0.4 is 5.32 Å². The van der Waals surface area contributed by atoms with Gasteiger partial charge in [-0.15, -0.1) is 0 Å². The summed E-state index contributed by atoms with van der Waals surface area (Å²) >= 11 is 5.05. The summed E-state index contributed by atoms with van der Waals surface area (Å²) in [5, 5.41) is 7.84. The molecular formula is C11H16BrNOS. The highest BCUT2D eigenvalue weighted by molar-refractivity contribution is 9.09. The van der Waals surface area contributed by atoms with Crippen LogP contribution >= 0.6 is 27.3 Å². The third kappa shape index (κ3) is 4.80. The summed E-state index contributed by atoms with van der Waals surface area (Å²) in [5.41, 5.74) is 1.21. The van der Waals surface area contributed by atoms with Crippen LogP contribution in [0.15, 0.2) is 16.8 Å². The maximum Gasteiger partial charge on any atom is 0.224 e. The van der Waals surface area contributed by atoms with E-state index in [1.165, 1.54) is 0 Å². The lowest BCUT2D eigenvalue weighted by Gasteiger charge is -2.21. The van der Waals surface area contributed by atoms with Crippen molar-refractivity contribution in [2.75, 3.05) is 11.9 Å². The molecule has 2 nitrogen and oxygen atoms in total. The van der Waals surface area contributed by atoms with Gasteiger partial charge in [-0.25, -0.2) is 0 Å². The normalized spacial score (nSPS) is 11.4. The summed E-state index contributed by atoms with van der Waals surface area (Å²) in [6, 6.07) is 1.99. The molecular weight excluding hydrogens is 274 g/mol. The van der Waals surface area contributed by atoms with E-state index in [0.29, 0.717) is 13.0 Å². The van der Waals surface area contributed by atoms with Gasteiger partial charge in [-0.2, -0.15) is 11.3 Å². The predicted octanol–water partition coefficient (Wildman–Crippen LogP) is 2.83. The summed E-state index contributed by atoms with van der Waals surface area (Å²) in [5.74, 6) is 0.0995. The molecule has 0 fully saturated rings. The zero-order chi connectivity index (χ0) is 11.3. The zero-order valence-corrected chi connectivity index (χ0v) is 11.5. The van der Waals surface area contributed by atoms with Gasteiger partial charge in [0.15, 0.2) is 0 Å². The molecule has 0 radical (unpaired) electrons. The summed E-state index contributed by atoms with van der Waals surface area (Å²) in [4.78, 5) is 11.6. The first-order valence-corrected chi connectivity index (χ1v) is 6.94. The molecule has 0 saturated carbocycles. The predicted molar refractivity (Wildman–Crippen MR) is 68.6 cm³/mol. The summed E-state index contributed by atoms with van der Waals surface area (Å²) in [7, 11) is 0. The van der Waals surface area contributed by atoms with Crippen LogP contribution in [0.3, 0.4) is 0 Å². The highest BCUT2D eigenvalue weighted by Crippen LogP contribution is 2.16. The van der Waals surface area contributed by atoms with E-state index in [0.717, 1.165) is 10.9 Å². The quantitative estimate of drug-likeness (QED) is 0.830. The van der Waals surface area contributed by atoms with E-state index in [4.69, 9.17) is 0 Å². The molecule has 0 aliphatic heterocycles. The molecule has 0 atom stereocenters. The largest absolute Gasteiger partial charge is 0.355 e. The molecule has 0 aliphatic carbocycles. The fraction of sp³-hybridized carbons (Fsp3) is 0.545. The first-order valence-electron chi connectivity index (χ1n) is 4.87. The van der Waals surface area contributed by atoms with Gasteiger partial charge in [0, 0.05) is 11.9 Å². The lowest BCUT2D eigenvalue weighted by molar-refractivity contribution is -0.120. The third-order valence-corrected chi connectivity index (χ3v) is 4.32. The molecule has 0 saturated heterocycles. The van der Waals surface area contributed by atoms with Crippen molar-refractivity contribution < 1.29 is 4.79 Å². The first kappa shape index (κ1) is 12.7. The number of amides is 1. The molecule has 1 aromatic heterocycles. The monoisotopic (exact) mass is 289 g/mol. The van der Waals surface area contributed by atoms with E-state index in [9.17, 15) is 4.79 Å². The van der Waals surface area contributed by atoms with Crippen molar-refractivity contribution in [1.29, 1.82) is 0 Å². The van der Waals surface area contributed by atoms with Gasteiger partial charge >= 0.3 is 0 Å². The van der Waals surface area contributed by atoms with Crippen LogP contribution in [-0.2, 0) is 11.2 Å². The number of thiophene rings is 1. The molecule has 1 rings (SSSR count). The van der Waals surface area contributed by atoms with Crippen LogP contribution in [0.4, 0.5) is 0 Å². The number of carbonyl (C=O) groups excluding carboxylic acids is 1. The number of hydrogen-bond donors (Lipinski definition) is 1. The van der Waals surface area contributed by atoms with Crippen LogP contribution in [0, 0.1) is 5.41 Å². The Balaban J connectivity index is 2.31. The second-order valence-electron chi connectivity index (χ2n) is 4.38. The van der Waals surface area contributed by atoms with Gasteiger partial charge in [-0.05, 0) is 27.8 Å². The van der Waals surface area contributed by atoms with E-state index in [2.05, 4.69) is 35.1 Å². The van der Waals surface area contributed by atoms with Crippen molar-refractivity contribution in [3.8, 4) is 0 Å². The van der Waals surface area contributed by atoms with Crippen molar-refractivity contribution >= 4 is 33.2 Å². The number of carbonyl (C=O) groups is 1.